The Balaban J connectivity index is 1.73. The van der Waals surface area contributed by atoms with E-state index in [1.54, 1.807) is 6.92 Å². The molecule has 108 valence electrons. The minimum absolute atomic E-state index is 0.281. The van der Waals surface area contributed by atoms with Crippen molar-refractivity contribution < 1.29 is 9.53 Å². The van der Waals surface area contributed by atoms with Gasteiger partial charge in [0.25, 0.3) is 0 Å². The molecule has 0 spiro atoms. The molecule has 0 aliphatic rings. The molecular weight excluding hydrogens is 276 g/mol. The van der Waals surface area contributed by atoms with Crippen molar-refractivity contribution in [2.24, 2.45) is 0 Å². The smallest absolute Gasteiger partial charge is 0.360 e. The van der Waals surface area contributed by atoms with Gasteiger partial charge in [-0.05, 0) is 25.1 Å². The highest BCUT2D eigenvalue weighted by atomic mass is 16.5. The Morgan fingerprint density at radius 2 is 1.86 bits per heavy atom. The Bertz CT molecular complexity index is 857. The lowest BCUT2D eigenvalue weighted by molar-refractivity contribution is 0.0434. The zero-order valence-corrected chi connectivity index (χ0v) is 12.0. The largest absolute Gasteiger partial charge is 0.445 e. The number of fused-ring (bicyclic) bond motifs is 1. The molecule has 1 unspecified atom stereocenters. The second kappa shape index (κ2) is 6.15. The van der Waals surface area contributed by atoms with E-state index in [0.29, 0.717) is 0 Å². The van der Waals surface area contributed by atoms with Crippen LogP contribution in [0.4, 0.5) is 0 Å². The van der Waals surface area contributed by atoms with Gasteiger partial charge in [0.05, 0.1) is 5.52 Å². The van der Waals surface area contributed by atoms with E-state index < -0.39 is 12.1 Å². The van der Waals surface area contributed by atoms with Crippen LogP contribution in [-0.2, 0) is 4.74 Å². The highest BCUT2D eigenvalue weighted by Gasteiger charge is 2.16. The van der Waals surface area contributed by atoms with Crippen molar-refractivity contribution in [1.29, 1.82) is 0 Å². The number of para-hydroxylation sites is 1. The lowest BCUT2D eigenvalue weighted by atomic mass is 10.2. The van der Waals surface area contributed by atoms with Crippen LogP contribution in [0.15, 0.2) is 54.6 Å². The van der Waals surface area contributed by atoms with Gasteiger partial charge in [-0.15, -0.1) is 0 Å². The molecule has 1 N–H and O–H groups in total. The van der Waals surface area contributed by atoms with Crippen molar-refractivity contribution in [1.82, 2.24) is 10.2 Å². The van der Waals surface area contributed by atoms with Crippen molar-refractivity contribution in [2.45, 2.75) is 13.0 Å². The van der Waals surface area contributed by atoms with Gasteiger partial charge in [-0.3, -0.25) is 5.10 Å². The van der Waals surface area contributed by atoms with E-state index in [-0.39, 0.29) is 5.69 Å². The molecule has 1 atom stereocenters. The summed E-state index contributed by atoms with van der Waals surface area (Å²) >= 11 is 0. The normalized spacial score (nSPS) is 11.5. The minimum atomic E-state index is -0.511. The van der Waals surface area contributed by atoms with Gasteiger partial charge in [-0.2, -0.15) is 5.10 Å². The van der Waals surface area contributed by atoms with Gasteiger partial charge in [-0.1, -0.05) is 48.2 Å². The Morgan fingerprint density at radius 1 is 1.14 bits per heavy atom. The van der Waals surface area contributed by atoms with Crippen LogP contribution in [0.1, 0.15) is 23.0 Å². The van der Waals surface area contributed by atoms with Crippen LogP contribution >= 0.6 is 0 Å². The van der Waals surface area contributed by atoms with E-state index in [1.807, 2.05) is 54.6 Å². The number of rotatable bonds is 2. The van der Waals surface area contributed by atoms with Gasteiger partial charge in [0.2, 0.25) is 0 Å². The molecule has 4 nitrogen and oxygen atoms in total. The monoisotopic (exact) mass is 290 g/mol. The predicted molar refractivity (Wildman–Crippen MR) is 84.3 cm³/mol. The lowest BCUT2D eigenvalue weighted by Gasteiger charge is -2.05. The number of benzene rings is 2. The summed E-state index contributed by atoms with van der Waals surface area (Å²) in [5.74, 6) is 5.41. The Morgan fingerprint density at radius 3 is 2.68 bits per heavy atom. The quantitative estimate of drug-likeness (QED) is 0.582. The third-order valence-corrected chi connectivity index (χ3v) is 3.14. The Kier molecular flexibility index (Phi) is 3.88. The van der Waals surface area contributed by atoms with Crippen LogP contribution in [-0.4, -0.2) is 22.3 Å². The average molecular weight is 290 g/mol. The minimum Gasteiger partial charge on any atom is -0.445 e. The molecule has 0 amide bonds. The molecular formula is C18H14N2O2. The van der Waals surface area contributed by atoms with E-state index in [4.69, 9.17) is 4.74 Å². The number of carbonyl (C=O) groups excluding carboxylic acids is 1. The first kappa shape index (κ1) is 13.9. The molecule has 0 aliphatic heterocycles. The van der Waals surface area contributed by atoms with E-state index in [0.717, 1.165) is 16.5 Å². The first-order chi connectivity index (χ1) is 10.7. The zero-order valence-electron chi connectivity index (χ0n) is 12.0. The van der Waals surface area contributed by atoms with E-state index in [1.165, 1.54) is 0 Å². The standard InChI is InChI=1S/C18H14N2O2/c1-13(11-12-14-7-3-2-4-8-14)22-18(21)17-15-9-5-6-10-16(15)19-20-17/h2-10,13H,1H3,(H,19,20). The fraction of sp³-hybridized carbons (Fsp3) is 0.111. The van der Waals surface area contributed by atoms with E-state index in [9.17, 15) is 4.79 Å². The number of nitrogens with zero attached hydrogens (tertiary/aromatic N) is 1. The summed E-state index contributed by atoms with van der Waals surface area (Å²) in [4.78, 5) is 12.2. The summed E-state index contributed by atoms with van der Waals surface area (Å²) in [6.45, 7) is 1.74. The van der Waals surface area contributed by atoms with Gasteiger partial charge in [0.15, 0.2) is 11.8 Å². The maximum atomic E-state index is 12.2. The molecule has 4 heteroatoms. The highest BCUT2D eigenvalue weighted by molar-refractivity contribution is 6.01. The summed E-state index contributed by atoms with van der Waals surface area (Å²) < 4.78 is 5.33. The zero-order chi connectivity index (χ0) is 15.4. The number of aromatic amines is 1. The Hall–Kier alpha value is -3.06. The number of hydrogen-bond acceptors (Lipinski definition) is 3. The van der Waals surface area contributed by atoms with Crippen LogP contribution in [0, 0.1) is 11.8 Å². The molecule has 0 radical (unpaired) electrons. The third kappa shape index (κ3) is 2.99. The summed E-state index contributed by atoms with van der Waals surface area (Å²) in [5, 5.41) is 7.58. The molecule has 0 fully saturated rings. The van der Waals surface area contributed by atoms with Crippen molar-refractivity contribution >= 4 is 16.9 Å². The first-order valence-corrected chi connectivity index (χ1v) is 6.95. The van der Waals surface area contributed by atoms with E-state index in [2.05, 4.69) is 22.0 Å². The van der Waals surface area contributed by atoms with Gasteiger partial charge in [0.1, 0.15) is 0 Å². The van der Waals surface area contributed by atoms with E-state index >= 15 is 0 Å². The number of hydrogen-bond donors (Lipinski definition) is 1. The molecule has 1 heterocycles. The number of carbonyl (C=O) groups is 1. The number of nitrogens with one attached hydrogen (secondary N) is 1. The molecule has 0 saturated heterocycles. The third-order valence-electron chi connectivity index (χ3n) is 3.14. The van der Waals surface area contributed by atoms with Gasteiger partial charge < -0.3 is 4.74 Å². The fourth-order valence-electron chi connectivity index (χ4n) is 2.07. The van der Waals surface area contributed by atoms with Crippen molar-refractivity contribution in [2.75, 3.05) is 0 Å². The second-order valence-corrected chi connectivity index (χ2v) is 4.80. The van der Waals surface area contributed by atoms with Crippen LogP contribution in [0.2, 0.25) is 0 Å². The maximum absolute atomic E-state index is 12.2. The van der Waals surface area contributed by atoms with Crippen molar-refractivity contribution in [3.63, 3.8) is 0 Å². The van der Waals surface area contributed by atoms with Crippen molar-refractivity contribution in [3.05, 3.63) is 65.9 Å². The molecule has 0 saturated carbocycles. The molecule has 0 bridgehead atoms. The molecule has 3 rings (SSSR count). The summed E-state index contributed by atoms with van der Waals surface area (Å²) in [5.41, 5.74) is 1.97. The van der Waals surface area contributed by atoms with Crippen LogP contribution < -0.4 is 0 Å². The number of ether oxygens (including phenoxy) is 1. The average Bonchev–Trinajstić information content (AvgIpc) is 2.98. The topological polar surface area (TPSA) is 55.0 Å². The maximum Gasteiger partial charge on any atom is 0.360 e. The van der Waals surface area contributed by atoms with Crippen LogP contribution in [0.5, 0.6) is 0 Å². The lowest BCUT2D eigenvalue weighted by Crippen LogP contribution is -2.14. The number of H-pyrrole nitrogens is 1. The summed E-state index contributed by atoms with van der Waals surface area (Å²) in [6, 6.07) is 17.0. The molecule has 1 aromatic heterocycles. The first-order valence-electron chi connectivity index (χ1n) is 6.95. The Labute approximate surface area is 128 Å². The molecule has 22 heavy (non-hydrogen) atoms. The van der Waals surface area contributed by atoms with Gasteiger partial charge in [0, 0.05) is 10.9 Å². The van der Waals surface area contributed by atoms with Crippen LogP contribution in [0.3, 0.4) is 0 Å². The summed E-state index contributed by atoms with van der Waals surface area (Å²) in [6.07, 6.45) is -0.511. The molecule has 2 aromatic carbocycles. The number of esters is 1. The molecule has 0 aliphatic carbocycles. The van der Waals surface area contributed by atoms with Crippen LogP contribution in [0.25, 0.3) is 10.9 Å². The van der Waals surface area contributed by atoms with Gasteiger partial charge >= 0.3 is 5.97 Å². The summed E-state index contributed by atoms with van der Waals surface area (Å²) in [7, 11) is 0. The predicted octanol–water partition coefficient (Wildman–Crippen LogP) is 3.16. The number of aromatic nitrogens is 2. The fourth-order valence-corrected chi connectivity index (χ4v) is 2.07. The SMILES string of the molecule is CC(C#Cc1ccccc1)OC(=O)c1n[nH]c2ccccc12. The van der Waals surface area contributed by atoms with Gasteiger partial charge in [-0.25, -0.2) is 4.79 Å². The second-order valence-electron chi connectivity index (χ2n) is 4.80. The van der Waals surface area contributed by atoms with Crippen molar-refractivity contribution in [3.8, 4) is 11.8 Å². The molecule has 3 aromatic rings. The highest BCUT2D eigenvalue weighted by Crippen LogP contribution is 2.16.